The molecule has 0 aromatic heterocycles. The Kier molecular flexibility index (Phi) is 5.39. The van der Waals surface area contributed by atoms with Crippen molar-refractivity contribution < 1.29 is 9.53 Å². The van der Waals surface area contributed by atoms with Gasteiger partial charge in [0.05, 0.1) is 12.2 Å². The Bertz CT molecular complexity index is 330. The van der Waals surface area contributed by atoms with Crippen LogP contribution >= 0.6 is 11.8 Å². The molecule has 0 bridgehead atoms. The van der Waals surface area contributed by atoms with Crippen molar-refractivity contribution in [2.75, 3.05) is 12.9 Å². The van der Waals surface area contributed by atoms with Gasteiger partial charge in [0.1, 0.15) is 0 Å². The lowest BCUT2D eigenvalue weighted by Crippen LogP contribution is -2.07. The Labute approximate surface area is 101 Å². The number of rotatable bonds is 5. The van der Waals surface area contributed by atoms with Crippen LogP contribution in [0.1, 0.15) is 30.6 Å². The molecule has 0 aliphatic rings. The Hall–Kier alpha value is -0.960. The maximum absolute atomic E-state index is 11.6. The monoisotopic (exact) mass is 238 g/mol. The van der Waals surface area contributed by atoms with Gasteiger partial charge in [-0.1, -0.05) is 13.8 Å². The fraction of sp³-hybridized carbons (Fsp3) is 0.462. The van der Waals surface area contributed by atoms with E-state index in [0.29, 0.717) is 18.1 Å². The minimum atomic E-state index is -0.228. The molecule has 0 saturated carbocycles. The quantitative estimate of drug-likeness (QED) is 0.579. The number of carbonyl (C=O) groups excluding carboxylic acids is 1. The highest BCUT2D eigenvalue weighted by molar-refractivity contribution is 7.98. The summed E-state index contributed by atoms with van der Waals surface area (Å²) in [6.07, 6.45) is 2.92. The van der Waals surface area contributed by atoms with Crippen LogP contribution in [-0.4, -0.2) is 18.8 Å². The van der Waals surface area contributed by atoms with Crippen molar-refractivity contribution in [3.8, 4) is 0 Å². The molecular weight excluding hydrogens is 220 g/mol. The topological polar surface area (TPSA) is 26.3 Å². The zero-order valence-electron chi connectivity index (χ0n) is 10.0. The van der Waals surface area contributed by atoms with Gasteiger partial charge in [-0.2, -0.15) is 0 Å². The number of thioether (sulfide) groups is 1. The van der Waals surface area contributed by atoms with E-state index in [1.807, 2.05) is 30.5 Å². The Morgan fingerprint density at radius 2 is 1.94 bits per heavy atom. The van der Waals surface area contributed by atoms with Gasteiger partial charge < -0.3 is 4.74 Å². The Morgan fingerprint density at radius 3 is 2.44 bits per heavy atom. The molecule has 0 radical (unpaired) electrons. The number of ether oxygens (including phenoxy) is 1. The Morgan fingerprint density at radius 1 is 1.31 bits per heavy atom. The predicted molar refractivity (Wildman–Crippen MR) is 68.0 cm³/mol. The third kappa shape index (κ3) is 4.27. The molecular formula is C13H18O2S. The van der Waals surface area contributed by atoms with Crippen LogP contribution < -0.4 is 0 Å². The third-order valence-electron chi connectivity index (χ3n) is 2.25. The molecule has 0 aliphatic heterocycles. The average molecular weight is 238 g/mol. The molecule has 3 heteroatoms. The largest absolute Gasteiger partial charge is 0.462 e. The smallest absolute Gasteiger partial charge is 0.338 e. The van der Waals surface area contributed by atoms with Gasteiger partial charge in [-0.25, -0.2) is 4.79 Å². The normalized spacial score (nSPS) is 10.5. The van der Waals surface area contributed by atoms with Crippen LogP contribution in [0, 0.1) is 5.92 Å². The summed E-state index contributed by atoms with van der Waals surface area (Å²) in [5.74, 6) is 0.333. The number of benzene rings is 1. The summed E-state index contributed by atoms with van der Waals surface area (Å²) < 4.78 is 5.17. The predicted octanol–water partition coefficient (Wildman–Crippen LogP) is 3.61. The van der Waals surface area contributed by atoms with E-state index in [9.17, 15) is 4.79 Å². The zero-order chi connectivity index (χ0) is 12.0. The van der Waals surface area contributed by atoms with Gasteiger partial charge in [0.25, 0.3) is 0 Å². The average Bonchev–Trinajstić information content (AvgIpc) is 2.28. The van der Waals surface area contributed by atoms with Gasteiger partial charge in [0.2, 0.25) is 0 Å². The van der Waals surface area contributed by atoms with Crippen molar-refractivity contribution in [2.24, 2.45) is 5.92 Å². The minimum absolute atomic E-state index is 0.228. The molecule has 2 nitrogen and oxygen atoms in total. The molecule has 0 N–H and O–H groups in total. The summed E-state index contributed by atoms with van der Waals surface area (Å²) in [5.41, 5.74) is 0.626. The number of hydrogen-bond donors (Lipinski definition) is 0. The summed E-state index contributed by atoms with van der Waals surface area (Å²) in [6.45, 7) is 4.73. The van der Waals surface area contributed by atoms with Crippen LogP contribution in [0.3, 0.4) is 0 Å². The van der Waals surface area contributed by atoms with Gasteiger partial charge >= 0.3 is 5.97 Å². The fourth-order valence-electron chi connectivity index (χ4n) is 1.20. The standard InChI is InChI=1S/C13H18O2S/c1-10(2)8-9-15-13(14)11-4-6-12(16-3)7-5-11/h4-7,10H,8-9H2,1-3H3. The minimum Gasteiger partial charge on any atom is -0.462 e. The number of hydrogen-bond acceptors (Lipinski definition) is 3. The summed E-state index contributed by atoms with van der Waals surface area (Å²) >= 11 is 1.66. The SMILES string of the molecule is CSc1ccc(C(=O)OCCC(C)C)cc1. The Balaban J connectivity index is 2.46. The molecule has 0 amide bonds. The molecule has 16 heavy (non-hydrogen) atoms. The van der Waals surface area contributed by atoms with Crippen LogP contribution in [0.15, 0.2) is 29.2 Å². The summed E-state index contributed by atoms with van der Waals surface area (Å²) in [7, 11) is 0. The van der Waals surface area contributed by atoms with Crippen molar-refractivity contribution >= 4 is 17.7 Å². The molecule has 1 aromatic rings. The summed E-state index contributed by atoms with van der Waals surface area (Å²) in [4.78, 5) is 12.7. The van der Waals surface area contributed by atoms with Gasteiger partial charge in [0.15, 0.2) is 0 Å². The molecule has 0 heterocycles. The highest BCUT2D eigenvalue weighted by Crippen LogP contribution is 2.15. The van der Waals surface area contributed by atoms with Gasteiger partial charge in [-0.3, -0.25) is 0 Å². The third-order valence-corrected chi connectivity index (χ3v) is 3.00. The van der Waals surface area contributed by atoms with E-state index in [2.05, 4.69) is 13.8 Å². The highest BCUT2D eigenvalue weighted by Gasteiger charge is 2.06. The van der Waals surface area contributed by atoms with Gasteiger partial charge in [-0.05, 0) is 42.9 Å². The lowest BCUT2D eigenvalue weighted by molar-refractivity contribution is 0.0488. The van der Waals surface area contributed by atoms with Crippen molar-refractivity contribution in [2.45, 2.75) is 25.2 Å². The molecule has 0 fully saturated rings. The van der Waals surface area contributed by atoms with E-state index in [1.165, 1.54) is 0 Å². The molecule has 1 rings (SSSR count). The first-order valence-corrected chi connectivity index (χ1v) is 6.67. The second kappa shape index (κ2) is 6.59. The van der Waals surface area contributed by atoms with E-state index in [-0.39, 0.29) is 5.97 Å². The molecule has 0 spiro atoms. The van der Waals surface area contributed by atoms with Crippen LogP contribution in [0.4, 0.5) is 0 Å². The van der Waals surface area contributed by atoms with E-state index >= 15 is 0 Å². The molecule has 0 unspecified atom stereocenters. The number of carbonyl (C=O) groups is 1. The number of esters is 1. The first kappa shape index (κ1) is 13.1. The van der Waals surface area contributed by atoms with Crippen molar-refractivity contribution in [1.82, 2.24) is 0 Å². The second-order valence-electron chi connectivity index (χ2n) is 4.05. The van der Waals surface area contributed by atoms with Crippen molar-refractivity contribution in [3.05, 3.63) is 29.8 Å². The molecule has 0 saturated heterocycles. The lowest BCUT2D eigenvalue weighted by Gasteiger charge is -2.06. The highest BCUT2D eigenvalue weighted by atomic mass is 32.2. The fourth-order valence-corrected chi connectivity index (χ4v) is 1.61. The van der Waals surface area contributed by atoms with E-state index in [0.717, 1.165) is 11.3 Å². The van der Waals surface area contributed by atoms with E-state index < -0.39 is 0 Å². The van der Waals surface area contributed by atoms with Crippen LogP contribution in [0.2, 0.25) is 0 Å². The summed E-state index contributed by atoms with van der Waals surface area (Å²) in [6, 6.07) is 7.49. The van der Waals surface area contributed by atoms with Crippen LogP contribution in [0.5, 0.6) is 0 Å². The lowest BCUT2D eigenvalue weighted by atomic mass is 10.1. The van der Waals surface area contributed by atoms with Crippen molar-refractivity contribution in [3.63, 3.8) is 0 Å². The van der Waals surface area contributed by atoms with Gasteiger partial charge in [-0.15, -0.1) is 11.8 Å². The first-order valence-electron chi connectivity index (χ1n) is 5.44. The maximum Gasteiger partial charge on any atom is 0.338 e. The van der Waals surface area contributed by atoms with E-state index in [4.69, 9.17) is 4.74 Å². The van der Waals surface area contributed by atoms with E-state index in [1.54, 1.807) is 11.8 Å². The molecule has 0 atom stereocenters. The summed E-state index contributed by atoms with van der Waals surface area (Å²) in [5, 5.41) is 0. The zero-order valence-corrected chi connectivity index (χ0v) is 10.8. The maximum atomic E-state index is 11.6. The first-order chi connectivity index (χ1) is 7.63. The molecule has 1 aromatic carbocycles. The molecule has 88 valence electrons. The van der Waals surface area contributed by atoms with Crippen LogP contribution in [0.25, 0.3) is 0 Å². The molecule has 0 aliphatic carbocycles. The second-order valence-corrected chi connectivity index (χ2v) is 4.93. The van der Waals surface area contributed by atoms with Crippen LogP contribution in [-0.2, 0) is 4.74 Å². The van der Waals surface area contributed by atoms with Crippen molar-refractivity contribution in [1.29, 1.82) is 0 Å². The van der Waals surface area contributed by atoms with Gasteiger partial charge in [0, 0.05) is 4.90 Å².